The number of benzene rings is 1. The number of rotatable bonds is 8. The molecule has 0 radical (unpaired) electrons. The molecule has 1 fully saturated rings. The first-order valence-corrected chi connectivity index (χ1v) is 13.0. The first-order chi connectivity index (χ1) is 16.0. The van der Waals surface area contributed by atoms with Crippen molar-refractivity contribution in [1.29, 1.82) is 0 Å². The number of carbonyl (C=O) groups is 2. The first kappa shape index (κ1) is 24.0. The van der Waals surface area contributed by atoms with Crippen LogP contribution in [0.25, 0.3) is 6.08 Å². The SMILES string of the molecule is COc1ccc(/C=C2/SC3C=CC=CC3=[N+](CC(=O)NCCCN3CCCC3)C2=O)cc1Br. The fourth-order valence-corrected chi connectivity index (χ4v) is 5.96. The highest BCUT2D eigenvalue weighted by molar-refractivity contribution is 9.10. The van der Waals surface area contributed by atoms with Gasteiger partial charge in [-0.15, -0.1) is 4.58 Å². The van der Waals surface area contributed by atoms with Crippen LogP contribution in [-0.2, 0) is 9.59 Å². The number of nitrogens with one attached hydrogen (secondary N) is 1. The zero-order chi connectivity index (χ0) is 23.2. The van der Waals surface area contributed by atoms with E-state index in [0.29, 0.717) is 11.4 Å². The predicted octanol–water partition coefficient (Wildman–Crippen LogP) is 3.62. The average Bonchev–Trinajstić information content (AvgIpc) is 3.33. The van der Waals surface area contributed by atoms with Crippen molar-refractivity contribution in [1.82, 2.24) is 10.2 Å². The molecule has 4 rings (SSSR count). The summed E-state index contributed by atoms with van der Waals surface area (Å²) in [6.45, 7) is 3.98. The molecule has 2 heterocycles. The molecule has 1 saturated heterocycles. The summed E-state index contributed by atoms with van der Waals surface area (Å²) in [5.41, 5.74) is 1.75. The van der Waals surface area contributed by atoms with Crippen LogP contribution in [0.2, 0.25) is 0 Å². The summed E-state index contributed by atoms with van der Waals surface area (Å²) in [7, 11) is 1.62. The van der Waals surface area contributed by atoms with E-state index in [2.05, 4.69) is 32.2 Å². The van der Waals surface area contributed by atoms with Gasteiger partial charge in [-0.25, -0.2) is 4.79 Å². The van der Waals surface area contributed by atoms with Gasteiger partial charge in [0, 0.05) is 12.6 Å². The van der Waals surface area contributed by atoms with Gasteiger partial charge in [0.1, 0.15) is 15.9 Å². The third kappa shape index (κ3) is 6.05. The van der Waals surface area contributed by atoms with Crippen LogP contribution in [0.5, 0.6) is 5.75 Å². The summed E-state index contributed by atoms with van der Waals surface area (Å²) < 4.78 is 7.73. The third-order valence-corrected chi connectivity index (χ3v) is 7.74. The Morgan fingerprint density at radius 2 is 2.15 bits per heavy atom. The molecule has 8 heteroatoms. The van der Waals surface area contributed by atoms with Crippen molar-refractivity contribution in [3.8, 4) is 5.75 Å². The number of thioether (sulfide) groups is 1. The monoisotopic (exact) mass is 530 g/mol. The second-order valence-corrected chi connectivity index (χ2v) is 10.3. The minimum absolute atomic E-state index is 0.00334. The molecule has 0 bridgehead atoms. The minimum atomic E-state index is -0.148. The number of methoxy groups -OCH3 is 1. The number of hydrogen-bond acceptors (Lipinski definition) is 5. The molecule has 1 aliphatic carbocycles. The van der Waals surface area contributed by atoms with E-state index in [0.717, 1.165) is 47.6 Å². The average molecular weight is 531 g/mol. The highest BCUT2D eigenvalue weighted by atomic mass is 79.9. The number of allylic oxidation sites excluding steroid dienone is 3. The lowest BCUT2D eigenvalue weighted by Crippen LogP contribution is -2.43. The highest BCUT2D eigenvalue weighted by Crippen LogP contribution is 2.34. The van der Waals surface area contributed by atoms with Gasteiger partial charge < -0.3 is 15.0 Å². The van der Waals surface area contributed by atoms with Gasteiger partial charge in [0.15, 0.2) is 0 Å². The summed E-state index contributed by atoms with van der Waals surface area (Å²) in [6, 6.07) is 5.70. The Morgan fingerprint density at radius 1 is 1.33 bits per heavy atom. The molecule has 3 aliphatic rings. The molecule has 1 N–H and O–H groups in total. The second-order valence-electron chi connectivity index (χ2n) is 8.25. The number of nitrogens with zero attached hydrogens (tertiary/aromatic N) is 2. The number of hydrogen-bond donors (Lipinski definition) is 1. The van der Waals surface area contributed by atoms with Gasteiger partial charge in [0.05, 0.1) is 11.6 Å². The minimum Gasteiger partial charge on any atom is -0.496 e. The van der Waals surface area contributed by atoms with Crippen molar-refractivity contribution in [2.45, 2.75) is 24.5 Å². The maximum atomic E-state index is 13.4. The molecule has 1 aromatic rings. The normalized spacial score (nSPS) is 21.6. The molecule has 0 aromatic heterocycles. The number of likely N-dealkylation sites (tertiary alicyclic amines) is 1. The zero-order valence-electron chi connectivity index (χ0n) is 18.8. The molecule has 0 spiro atoms. The summed E-state index contributed by atoms with van der Waals surface area (Å²) >= 11 is 5.01. The van der Waals surface area contributed by atoms with Crippen molar-refractivity contribution in [3.63, 3.8) is 0 Å². The van der Waals surface area contributed by atoms with Gasteiger partial charge in [0.25, 0.3) is 5.91 Å². The number of carbonyl (C=O) groups excluding carboxylic acids is 2. The van der Waals surface area contributed by atoms with Crippen LogP contribution in [0.15, 0.2) is 51.9 Å². The van der Waals surface area contributed by atoms with Gasteiger partial charge in [-0.2, -0.15) is 0 Å². The van der Waals surface area contributed by atoms with E-state index in [-0.39, 0.29) is 23.6 Å². The van der Waals surface area contributed by atoms with Crippen molar-refractivity contribution < 1.29 is 18.9 Å². The molecule has 33 heavy (non-hydrogen) atoms. The Morgan fingerprint density at radius 3 is 2.91 bits per heavy atom. The topological polar surface area (TPSA) is 61.7 Å². The number of amides is 2. The Kier molecular flexibility index (Phi) is 8.22. The van der Waals surface area contributed by atoms with E-state index < -0.39 is 0 Å². The summed E-state index contributed by atoms with van der Waals surface area (Å²) in [6.07, 6.45) is 13.2. The lowest BCUT2D eigenvalue weighted by Gasteiger charge is -2.21. The van der Waals surface area contributed by atoms with Crippen molar-refractivity contribution >= 4 is 51.3 Å². The molecule has 1 unspecified atom stereocenters. The van der Waals surface area contributed by atoms with E-state index in [9.17, 15) is 9.59 Å². The van der Waals surface area contributed by atoms with Crippen molar-refractivity contribution in [3.05, 3.63) is 57.4 Å². The Bertz CT molecular complexity index is 1040. The molecule has 2 amide bonds. The molecule has 174 valence electrons. The summed E-state index contributed by atoms with van der Waals surface area (Å²) in [5.74, 6) is 0.460. The van der Waals surface area contributed by atoms with Crippen molar-refractivity contribution in [2.24, 2.45) is 0 Å². The number of fused-ring (bicyclic) bond motifs is 1. The van der Waals surface area contributed by atoms with Crippen LogP contribution in [0.1, 0.15) is 24.8 Å². The zero-order valence-corrected chi connectivity index (χ0v) is 21.2. The van der Waals surface area contributed by atoms with Crippen molar-refractivity contribution in [2.75, 3.05) is 39.8 Å². The summed E-state index contributed by atoms with van der Waals surface area (Å²) in [5, 5.41) is 3.00. The largest absolute Gasteiger partial charge is 0.496 e. The van der Waals surface area contributed by atoms with Gasteiger partial charge in [0.2, 0.25) is 12.3 Å². The van der Waals surface area contributed by atoms with E-state index in [1.807, 2.05) is 42.5 Å². The quantitative estimate of drug-likeness (QED) is 0.316. The highest BCUT2D eigenvalue weighted by Gasteiger charge is 2.39. The molecule has 6 nitrogen and oxygen atoms in total. The maximum Gasteiger partial charge on any atom is 0.426 e. The molecular weight excluding hydrogens is 502 g/mol. The van der Waals surface area contributed by atoms with Crippen LogP contribution in [-0.4, -0.2) is 72.1 Å². The van der Waals surface area contributed by atoms with Crippen LogP contribution in [0, 0.1) is 0 Å². The van der Waals surface area contributed by atoms with Gasteiger partial charge in [-0.3, -0.25) is 4.79 Å². The lowest BCUT2D eigenvalue weighted by atomic mass is 10.1. The van der Waals surface area contributed by atoms with Crippen LogP contribution < -0.4 is 10.1 Å². The number of halogens is 1. The molecule has 0 saturated carbocycles. The fraction of sp³-hybridized carbons (Fsp3) is 0.400. The Balaban J connectivity index is 1.45. The van der Waals surface area contributed by atoms with E-state index >= 15 is 0 Å². The maximum absolute atomic E-state index is 13.4. The smallest absolute Gasteiger partial charge is 0.426 e. The first-order valence-electron chi connectivity index (χ1n) is 11.3. The lowest BCUT2D eigenvalue weighted by molar-refractivity contribution is -0.434. The van der Waals surface area contributed by atoms with Crippen LogP contribution >= 0.6 is 27.7 Å². The fourth-order valence-electron chi connectivity index (χ4n) is 4.21. The van der Waals surface area contributed by atoms with E-state index in [1.165, 1.54) is 24.6 Å². The number of ether oxygens (including phenoxy) is 1. The van der Waals surface area contributed by atoms with Gasteiger partial charge >= 0.3 is 5.91 Å². The van der Waals surface area contributed by atoms with Gasteiger partial charge in [-0.1, -0.05) is 36.1 Å². The molecule has 1 aromatic carbocycles. The predicted molar refractivity (Wildman–Crippen MR) is 137 cm³/mol. The van der Waals surface area contributed by atoms with Crippen LogP contribution in [0.3, 0.4) is 0 Å². The summed E-state index contributed by atoms with van der Waals surface area (Å²) in [4.78, 5) is 29.1. The standard InChI is InChI=1S/C25H28BrN3O3S/c1-32-21-10-9-18(15-19(21)26)16-23-25(31)29(20-7-2-3-8-22(20)33-23)17-24(30)27-11-6-14-28-12-4-5-13-28/h2-3,7-10,15-16,22H,4-6,11-14,17H2,1H3/p+1/b23-16+. The molecule has 1 atom stereocenters. The second kappa shape index (κ2) is 11.3. The molecular formula is C25H29BrN3O3S+. The molecule has 2 aliphatic heterocycles. The Hall–Kier alpha value is -2.16. The third-order valence-electron chi connectivity index (χ3n) is 5.92. The van der Waals surface area contributed by atoms with Gasteiger partial charge in [-0.05, 0) is 78.6 Å². The Labute approximate surface area is 207 Å². The van der Waals surface area contributed by atoms with E-state index in [1.54, 1.807) is 11.7 Å². The van der Waals surface area contributed by atoms with E-state index in [4.69, 9.17) is 4.74 Å². The van der Waals surface area contributed by atoms with Crippen LogP contribution in [0.4, 0.5) is 0 Å².